The zero-order chi connectivity index (χ0) is 20.5. The Morgan fingerprint density at radius 2 is 1.71 bits per heavy atom. The second-order valence-electron chi connectivity index (χ2n) is 7.27. The highest BCUT2D eigenvalue weighted by atomic mass is 79.9. The van der Waals surface area contributed by atoms with Crippen LogP contribution in [0.3, 0.4) is 0 Å². The highest BCUT2D eigenvalue weighted by molar-refractivity contribution is 9.10. The van der Waals surface area contributed by atoms with Crippen LogP contribution in [0, 0.1) is 11.8 Å². The van der Waals surface area contributed by atoms with Gasteiger partial charge in [-0.15, -0.1) is 0 Å². The Balaban J connectivity index is 1.93. The van der Waals surface area contributed by atoms with E-state index in [-0.39, 0.29) is 22.3 Å². The maximum absolute atomic E-state index is 13.1. The number of rotatable bonds is 5. The van der Waals surface area contributed by atoms with Crippen molar-refractivity contribution in [1.29, 1.82) is 0 Å². The number of halogens is 1. The van der Waals surface area contributed by atoms with Gasteiger partial charge in [-0.1, -0.05) is 41.5 Å². The Kier molecular flexibility index (Phi) is 6.54. The molecule has 0 bridgehead atoms. The van der Waals surface area contributed by atoms with Gasteiger partial charge in [0.25, 0.3) is 0 Å². The molecular weight excluding hydrogens is 462 g/mol. The molecule has 1 aliphatic rings. The number of hydrogen-bond acceptors (Lipinski definition) is 5. The fourth-order valence-electron chi connectivity index (χ4n) is 3.50. The average Bonchev–Trinajstić information content (AvgIpc) is 2.63. The summed E-state index contributed by atoms with van der Waals surface area (Å²) in [5.74, 6) is -0.852. The molecule has 2 aromatic rings. The third-order valence-electron chi connectivity index (χ3n) is 4.69. The van der Waals surface area contributed by atoms with Gasteiger partial charge in [-0.05, 0) is 60.7 Å². The lowest BCUT2D eigenvalue weighted by Gasteiger charge is -2.34. The van der Waals surface area contributed by atoms with E-state index in [0.29, 0.717) is 18.0 Å². The summed E-state index contributed by atoms with van der Waals surface area (Å²) in [6.45, 7) is 4.96. The van der Waals surface area contributed by atoms with E-state index < -0.39 is 16.0 Å². The van der Waals surface area contributed by atoms with Gasteiger partial charge in [0, 0.05) is 32.9 Å². The van der Waals surface area contributed by atoms with Crippen molar-refractivity contribution in [2.24, 2.45) is 11.8 Å². The van der Waals surface area contributed by atoms with Crippen molar-refractivity contribution in [2.45, 2.75) is 35.0 Å². The molecule has 5 nitrogen and oxygen atoms in total. The maximum Gasteiger partial charge on any atom is 0.243 e. The van der Waals surface area contributed by atoms with Crippen LogP contribution in [0.5, 0.6) is 0 Å². The van der Waals surface area contributed by atoms with Crippen LogP contribution in [0.15, 0.2) is 61.6 Å². The Bertz CT molecular complexity index is 966. The van der Waals surface area contributed by atoms with Crippen LogP contribution in [-0.2, 0) is 10.0 Å². The Morgan fingerprint density at radius 3 is 2.29 bits per heavy atom. The fourth-order valence-corrected chi connectivity index (χ4v) is 6.38. The minimum absolute atomic E-state index is 0.00634. The lowest BCUT2D eigenvalue weighted by Crippen LogP contribution is -2.42. The van der Waals surface area contributed by atoms with Crippen molar-refractivity contribution in [3.8, 4) is 0 Å². The standard InChI is InChI=1S/C20H22BrNO4S2/c1-13-9-14(2)12-22(11-13)28(25,26)17-7-8-19(18(10-17)20(23)24)27-16-5-3-15(21)4-6-16/h3-8,10,13-14H,9,11-12H2,1-2H3,(H,23,24)/p-1. The van der Waals surface area contributed by atoms with Crippen molar-refractivity contribution in [3.05, 3.63) is 52.5 Å². The quantitative estimate of drug-likeness (QED) is 0.649. The third kappa shape index (κ3) is 4.79. The summed E-state index contributed by atoms with van der Waals surface area (Å²) in [5.41, 5.74) is -0.118. The highest BCUT2D eigenvalue weighted by Gasteiger charge is 2.32. The second kappa shape index (κ2) is 8.57. The minimum Gasteiger partial charge on any atom is -0.545 e. The van der Waals surface area contributed by atoms with Crippen LogP contribution in [-0.4, -0.2) is 31.8 Å². The van der Waals surface area contributed by atoms with Gasteiger partial charge >= 0.3 is 0 Å². The number of carboxylic acids is 1. The fraction of sp³-hybridized carbons (Fsp3) is 0.350. The van der Waals surface area contributed by atoms with E-state index in [1.165, 1.54) is 28.2 Å². The summed E-state index contributed by atoms with van der Waals surface area (Å²) in [4.78, 5) is 13.0. The van der Waals surface area contributed by atoms with Crippen LogP contribution >= 0.6 is 27.7 Å². The van der Waals surface area contributed by atoms with Crippen molar-refractivity contribution in [2.75, 3.05) is 13.1 Å². The number of carbonyl (C=O) groups excluding carboxylic acids is 1. The van der Waals surface area contributed by atoms with Crippen molar-refractivity contribution in [3.63, 3.8) is 0 Å². The summed E-state index contributed by atoms with van der Waals surface area (Å²) in [5, 5.41) is 11.7. The van der Waals surface area contributed by atoms with Gasteiger partial charge in [-0.25, -0.2) is 8.42 Å². The first-order valence-corrected chi connectivity index (χ1v) is 12.0. The number of benzene rings is 2. The van der Waals surface area contributed by atoms with Crippen LogP contribution < -0.4 is 5.11 Å². The Hall–Kier alpha value is -1.35. The number of piperidine rings is 1. The van der Waals surface area contributed by atoms with Gasteiger partial charge in [0.2, 0.25) is 10.0 Å². The van der Waals surface area contributed by atoms with Gasteiger partial charge < -0.3 is 9.90 Å². The smallest absolute Gasteiger partial charge is 0.243 e. The lowest BCUT2D eigenvalue weighted by atomic mass is 9.94. The molecular formula is C20H21BrNO4S2-. The molecule has 1 aliphatic heterocycles. The van der Waals surface area contributed by atoms with Crippen molar-refractivity contribution < 1.29 is 18.3 Å². The molecule has 28 heavy (non-hydrogen) atoms. The molecule has 2 atom stereocenters. The van der Waals surface area contributed by atoms with Gasteiger partial charge in [-0.2, -0.15) is 4.31 Å². The lowest BCUT2D eigenvalue weighted by molar-refractivity contribution is -0.255. The molecule has 0 spiro atoms. The van der Waals surface area contributed by atoms with Gasteiger partial charge in [0.15, 0.2) is 0 Å². The van der Waals surface area contributed by atoms with Crippen LogP contribution in [0.2, 0.25) is 0 Å². The van der Waals surface area contributed by atoms with Crippen LogP contribution in [0.25, 0.3) is 0 Å². The third-order valence-corrected chi connectivity index (χ3v) is 8.13. The van der Waals surface area contributed by atoms with Crippen LogP contribution in [0.4, 0.5) is 0 Å². The van der Waals surface area contributed by atoms with Crippen LogP contribution in [0.1, 0.15) is 30.6 Å². The number of carboxylic acid groups (broad SMARTS) is 1. The molecule has 1 heterocycles. The molecule has 2 aromatic carbocycles. The van der Waals surface area contributed by atoms with Gasteiger partial charge in [0.1, 0.15) is 0 Å². The second-order valence-corrected chi connectivity index (χ2v) is 11.2. The molecule has 0 aliphatic carbocycles. The molecule has 0 amide bonds. The number of carbonyl (C=O) groups is 1. The molecule has 1 fully saturated rings. The predicted octanol–water partition coefficient (Wildman–Crippen LogP) is 3.63. The van der Waals surface area contributed by atoms with E-state index in [2.05, 4.69) is 15.9 Å². The van der Waals surface area contributed by atoms with E-state index in [1.807, 2.05) is 38.1 Å². The average molecular weight is 483 g/mol. The summed E-state index contributed by atoms with van der Waals surface area (Å²) in [6, 6.07) is 11.7. The summed E-state index contributed by atoms with van der Waals surface area (Å²) < 4.78 is 28.5. The SMILES string of the molecule is CC1CC(C)CN(S(=O)(=O)c2ccc(Sc3ccc(Br)cc3)c(C(=O)[O-])c2)C1. The molecule has 1 saturated heterocycles. The molecule has 0 radical (unpaired) electrons. The number of hydrogen-bond donors (Lipinski definition) is 0. The molecule has 0 saturated carbocycles. The first kappa shape index (κ1) is 21.4. The molecule has 0 aromatic heterocycles. The molecule has 3 rings (SSSR count). The summed E-state index contributed by atoms with van der Waals surface area (Å²) in [7, 11) is -3.75. The predicted molar refractivity (Wildman–Crippen MR) is 111 cm³/mol. The zero-order valence-corrected chi connectivity index (χ0v) is 18.8. The largest absolute Gasteiger partial charge is 0.545 e. The van der Waals surface area contributed by atoms with Gasteiger partial charge in [-0.3, -0.25) is 0 Å². The summed E-state index contributed by atoms with van der Waals surface area (Å²) in [6.07, 6.45) is 0.985. The Morgan fingerprint density at radius 1 is 1.11 bits per heavy atom. The van der Waals surface area contributed by atoms with E-state index in [4.69, 9.17) is 0 Å². The zero-order valence-electron chi connectivity index (χ0n) is 15.6. The van der Waals surface area contributed by atoms with Crippen molar-refractivity contribution in [1.82, 2.24) is 4.31 Å². The number of aromatic carboxylic acids is 1. The normalized spacial score (nSPS) is 20.8. The first-order valence-electron chi connectivity index (χ1n) is 8.96. The molecule has 8 heteroatoms. The maximum atomic E-state index is 13.1. The minimum atomic E-state index is -3.75. The van der Waals surface area contributed by atoms with Gasteiger partial charge in [0.05, 0.1) is 10.9 Å². The monoisotopic (exact) mass is 482 g/mol. The van der Waals surface area contributed by atoms with E-state index in [9.17, 15) is 18.3 Å². The summed E-state index contributed by atoms with van der Waals surface area (Å²) >= 11 is 4.62. The molecule has 0 N–H and O–H groups in total. The molecule has 2 unspecified atom stereocenters. The Labute approximate surface area is 178 Å². The first-order chi connectivity index (χ1) is 13.2. The highest BCUT2D eigenvalue weighted by Crippen LogP contribution is 2.34. The number of sulfonamides is 1. The van der Waals surface area contributed by atoms with E-state index in [0.717, 1.165) is 15.8 Å². The number of nitrogens with zero attached hydrogens (tertiary/aromatic N) is 1. The topological polar surface area (TPSA) is 77.5 Å². The van der Waals surface area contributed by atoms with Crippen molar-refractivity contribution >= 4 is 43.7 Å². The molecule has 150 valence electrons. The van der Waals surface area contributed by atoms with E-state index in [1.54, 1.807) is 6.07 Å². The van der Waals surface area contributed by atoms with E-state index >= 15 is 0 Å².